The van der Waals surface area contributed by atoms with Crippen LogP contribution in [-0.2, 0) is 21.2 Å². The standard InChI is InChI=1S/C23H23N3O6S/c1-17-7-8-19(26(28)29)15-22(17)25-23(27)16-32-20-9-11-21(12-10-20)33(30,31)24-14-13-18-5-3-2-4-6-18/h2-12,15,24H,13-14,16H2,1H3,(H,25,27). The summed E-state index contributed by atoms with van der Waals surface area (Å²) in [5, 5.41) is 13.5. The fourth-order valence-electron chi connectivity index (χ4n) is 2.97. The third-order valence-electron chi connectivity index (χ3n) is 4.76. The second-order valence-electron chi connectivity index (χ2n) is 7.20. The van der Waals surface area contributed by atoms with E-state index in [0.29, 0.717) is 23.4 Å². The van der Waals surface area contributed by atoms with Gasteiger partial charge in [-0.25, -0.2) is 13.1 Å². The van der Waals surface area contributed by atoms with E-state index in [-0.39, 0.29) is 23.7 Å². The van der Waals surface area contributed by atoms with Gasteiger partial charge in [0.05, 0.1) is 15.5 Å². The van der Waals surface area contributed by atoms with Crippen LogP contribution in [0.25, 0.3) is 0 Å². The molecule has 0 atom stereocenters. The van der Waals surface area contributed by atoms with Crippen molar-refractivity contribution in [1.82, 2.24) is 4.72 Å². The lowest BCUT2D eigenvalue weighted by molar-refractivity contribution is -0.384. The summed E-state index contributed by atoms with van der Waals surface area (Å²) in [7, 11) is -3.67. The molecule has 0 aliphatic carbocycles. The van der Waals surface area contributed by atoms with Crippen LogP contribution in [0.15, 0.2) is 77.7 Å². The molecule has 0 spiro atoms. The number of nitro groups is 1. The molecule has 0 radical (unpaired) electrons. The molecule has 2 N–H and O–H groups in total. The SMILES string of the molecule is Cc1ccc([N+](=O)[O-])cc1NC(=O)COc1ccc(S(=O)(=O)NCCc2ccccc2)cc1. The van der Waals surface area contributed by atoms with E-state index in [0.717, 1.165) is 5.56 Å². The van der Waals surface area contributed by atoms with Crippen molar-refractivity contribution in [1.29, 1.82) is 0 Å². The zero-order chi connectivity index (χ0) is 23.8. The number of ether oxygens (including phenoxy) is 1. The summed E-state index contributed by atoms with van der Waals surface area (Å²) in [6.07, 6.45) is 0.570. The molecule has 0 aliphatic heterocycles. The Morgan fingerprint density at radius 3 is 2.39 bits per heavy atom. The van der Waals surface area contributed by atoms with Gasteiger partial charge in [-0.2, -0.15) is 0 Å². The molecule has 3 aromatic carbocycles. The highest BCUT2D eigenvalue weighted by atomic mass is 32.2. The predicted molar refractivity (Wildman–Crippen MR) is 124 cm³/mol. The first-order chi connectivity index (χ1) is 15.7. The number of rotatable bonds is 10. The highest BCUT2D eigenvalue weighted by molar-refractivity contribution is 7.89. The zero-order valence-corrected chi connectivity index (χ0v) is 18.7. The number of nitrogens with zero attached hydrogens (tertiary/aromatic N) is 1. The third kappa shape index (κ3) is 6.86. The van der Waals surface area contributed by atoms with E-state index in [1.807, 2.05) is 30.3 Å². The minimum Gasteiger partial charge on any atom is -0.484 e. The fraction of sp³-hybridized carbons (Fsp3) is 0.174. The lowest BCUT2D eigenvalue weighted by atomic mass is 10.2. The average Bonchev–Trinajstić information content (AvgIpc) is 2.80. The van der Waals surface area contributed by atoms with E-state index >= 15 is 0 Å². The van der Waals surface area contributed by atoms with E-state index in [1.54, 1.807) is 13.0 Å². The quantitative estimate of drug-likeness (QED) is 0.346. The summed E-state index contributed by atoms with van der Waals surface area (Å²) < 4.78 is 32.9. The number of sulfonamides is 1. The third-order valence-corrected chi connectivity index (χ3v) is 6.24. The molecule has 33 heavy (non-hydrogen) atoms. The van der Waals surface area contributed by atoms with Gasteiger partial charge in [0.15, 0.2) is 6.61 Å². The van der Waals surface area contributed by atoms with Crippen LogP contribution in [0.5, 0.6) is 5.75 Å². The van der Waals surface area contributed by atoms with Gasteiger partial charge in [-0.1, -0.05) is 36.4 Å². The van der Waals surface area contributed by atoms with Crippen LogP contribution in [-0.4, -0.2) is 32.4 Å². The molecule has 10 heteroatoms. The first kappa shape index (κ1) is 23.9. The molecule has 9 nitrogen and oxygen atoms in total. The molecule has 0 aromatic heterocycles. The van der Waals surface area contributed by atoms with E-state index in [1.165, 1.54) is 36.4 Å². The molecule has 3 aromatic rings. The van der Waals surface area contributed by atoms with Gasteiger partial charge in [0.25, 0.3) is 11.6 Å². The van der Waals surface area contributed by atoms with E-state index in [4.69, 9.17) is 4.74 Å². The molecule has 1 amide bonds. The Kier molecular flexibility index (Phi) is 7.75. The Bertz CT molecular complexity index is 1230. The normalized spacial score (nSPS) is 11.1. The van der Waals surface area contributed by atoms with Crippen molar-refractivity contribution < 1.29 is 22.9 Å². The lowest BCUT2D eigenvalue weighted by Gasteiger charge is -2.10. The number of nitrogens with one attached hydrogen (secondary N) is 2. The molecule has 0 saturated carbocycles. The molecule has 0 bridgehead atoms. The second kappa shape index (κ2) is 10.7. The van der Waals surface area contributed by atoms with Crippen LogP contribution in [0.3, 0.4) is 0 Å². The van der Waals surface area contributed by atoms with Gasteiger partial charge < -0.3 is 10.1 Å². The number of hydrogen-bond acceptors (Lipinski definition) is 6. The molecular formula is C23H23N3O6S. The zero-order valence-electron chi connectivity index (χ0n) is 17.9. The maximum Gasteiger partial charge on any atom is 0.271 e. The number of carbonyl (C=O) groups excluding carboxylic acids is 1. The van der Waals surface area contributed by atoms with Gasteiger partial charge in [-0.15, -0.1) is 0 Å². The van der Waals surface area contributed by atoms with E-state index in [2.05, 4.69) is 10.0 Å². The molecule has 0 heterocycles. The second-order valence-corrected chi connectivity index (χ2v) is 8.96. The van der Waals surface area contributed by atoms with Crippen LogP contribution < -0.4 is 14.8 Å². The Balaban J connectivity index is 1.52. The number of hydrogen-bond donors (Lipinski definition) is 2. The Morgan fingerprint density at radius 1 is 1.03 bits per heavy atom. The summed E-state index contributed by atoms with van der Waals surface area (Å²) in [5.74, 6) is -0.193. The van der Waals surface area contributed by atoms with Crippen molar-refractivity contribution in [2.24, 2.45) is 0 Å². The molecule has 172 valence electrons. The summed E-state index contributed by atoms with van der Waals surface area (Å²) >= 11 is 0. The summed E-state index contributed by atoms with van der Waals surface area (Å²) in [4.78, 5) is 22.6. The number of amides is 1. The molecular weight excluding hydrogens is 446 g/mol. The van der Waals surface area contributed by atoms with Gasteiger partial charge in [0.2, 0.25) is 10.0 Å². The Hall–Kier alpha value is -3.76. The first-order valence-electron chi connectivity index (χ1n) is 10.1. The smallest absolute Gasteiger partial charge is 0.271 e. The number of non-ortho nitro benzene ring substituents is 1. The maximum atomic E-state index is 12.4. The largest absolute Gasteiger partial charge is 0.484 e. The fourth-order valence-corrected chi connectivity index (χ4v) is 4.00. The highest BCUT2D eigenvalue weighted by Crippen LogP contribution is 2.22. The molecule has 0 unspecified atom stereocenters. The number of aryl methyl sites for hydroxylation is 1. The van der Waals surface area contributed by atoms with Crippen LogP contribution in [0.1, 0.15) is 11.1 Å². The maximum absolute atomic E-state index is 12.4. The van der Waals surface area contributed by atoms with Gasteiger partial charge in [-0.05, 0) is 48.7 Å². The number of nitro benzene ring substituents is 1. The Morgan fingerprint density at radius 2 is 1.73 bits per heavy atom. The predicted octanol–water partition coefficient (Wildman–Crippen LogP) is 3.44. The topological polar surface area (TPSA) is 128 Å². The van der Waals surface area contributed by atoms with Gasteiger partial charge >= 0.3 is 0 Å². The van der Waals surface area contributed by atoms with Gasteiger partial charge in [0, 0.05) is 18.7 Å². The summed E-state index contributed by atoms with van der Waals surface area (Å²) in [6, 6.07) is 19.4. The van der Waals surface area contributed by atoms with Crippen molar-refractivity contribution in [2.75, 3.05) is 18.5 Å². The van der Waals surface area contributed by atoms with Gasteiger partial charge in [0.1, 0.15) is 5.75 Å². The molecule has 0 fully saturated rings. The van der Waals surface area contributed by atoms with E-state index in [9.17, 15) is 23.3 Å². The Labute approximate surface area is 191 Å². The number of anilines is 1. The summed E-state index contributed by atoms with van der Waals surface area (Å²) in [6.45, 7) is 1.64. The van der Waals surface area contributed by atoms with Crippen LogP contribution >= 0.6 is 0 Å². The van der Waals surface area contributed by atoms with Crippen molar-refractivity contribution in [3.05, 3.63) is 94.0 Å². The van der Waals surface area contributed by atoms with Crippen molar-refractivity contribution in [3.8, 4) is 5.75 Å². The number of benzene rings is 3. The first-order valence-corrected chi connectivity index (χ1v) is 11.5. The highest BCUT2D eigenvalue weighted by Gasteiger charge is 2.14. The minimum absolute atomic E-state index is 0.0829. The summed E-state index contributed by atoms with van der Waals surface area (Å²) in [5.41, 5.74) is 1.89. The monoisotopic (exact) mass is 469 g/mol. The van der Waals surface area contributed by atoms with Crippen molar-refractivity contribution in [3.63, 3.8) is 0 Å². The van der Waals surface area contributed by atoms with Crippen LogP contribution in [0, 0.1) is 17.0 Å². The van der Waals surface area contributed by atoms with Crippen LogP contribution in [0.4, 0.5) is 11.4 Å². The van der Waals surface area contributed by atoms with Crippen molar-refractivity contribution in [2.45, 2.75) is 18.2 Å². The molecule has 0 saturated heterocycles. The molecule has 3 rings (SSSR count). The van der Waals surface area contributed by atoms with Gasteiger partial charge in [-0.3, -0.25) is 14.9 Å². The number of carbonyl (C=O) groups is 1. The average molecular weight is 470 g/mol. The minimum atomic E-state index is -3.67. The lowest BCUT2D eigenvalue weighted by Crippen LogP contribution is -2.26. The van der Waals surface area contributed by atoms with E-state index < -0.39 is 20.9 Å². The van der Waals surface area contributed by atoms with Crippen molar-refractivity contribution >= 4 is 27.3 Å². The molecule has 0 aliphatic rings. The van der Waals surface area contributed by atoms with Crippen LogP contribution in [0.2, 0.25) is 0 Å².